The fourth-order valence-electron chi connectivity index (χ4n) is 6.28. The second kappa shape index (κ2) is 6.94. The van der Waals surface area contributed by atoms with Crippen molar-refractivity contribution in [3.63, 3.8) is 0 Å². The Kier molecular flexibility index (Phi) is 5.36. The molecule has 0 aromatic carbocycles. The number of nitrogens with one attached hydrogen (secondary N) is 1. The van der Waals surface area contributed by atoms with Crippen LogP contribution in [0.15, 0.2) is 12.2 Å². The zero-order valence-electron chi connectivity index (χ0n) is 16.1. The van der Waals surface area contributed by atoms with E-state index < -0.39 is 11.3 Å². The van der Waals surface area contributed by atoms with E-state index >= 15 is 4.39 Å². The summed E-state index contributed by atoms with van der Waals surface area (Å²) in [5, 5.41) is 24.2. The van der Waals surface area contributed by atoms with Crippen molar-refractivity contribution in [2.24, 2.45) is 23.2 Å². The van der Waals surface area contributed by atoms with E-state index in [-0.39, 0.29) is 23.4 Å². The van der Waals surface area contributed by atoms with E-state index in [0.29, 0.717) is 25.2 Å². The van der Waals surface area contributed by atoms with Crippen molar-refractivity contribution in [3.05, 3.63) is 12.2 Å². The molecule has 0 aromatic heterocycles. The lowest BCUT2D eigenvalue weighted by atomic mass is 9.55. The molecule has 4 aliphatic carbocycles. The van der Waals surface area contributed by atoms with Gasteiger partial charge in [0.15, 0.2) is 0 Å². The summed E-state index contributed by atoms with van der Waals surface area (Å²) in [5.41, 5.74) is -2.66. The Bertz CT molecular complexity index is 512. The van der Waals surface area contributed by atoms with Crippen LogP contribution < -0.4 is 5.32 Å². The molecular weight excluding hydrogens is 317 g/mol. The maximum atomic E-state index is 16.0. The first-order valence-electron chi connectivity index (χ1n) is 10.1. The molecule has 4 aliphatic rings. The molecule has 6 unspecified atom stereocenters. The van der Waals surface area contributed by atoms with Gasteiger partial charge in [-0.25, -0.2) is 4.39 Å². The van der Waals surface area contributed by atoms with E-state index in [9.17, 15) is 10.2 Å². The van der Waals surface area contributed by atoms with Gasteiger partial charge in [-0.1, -0.05) is 19.1 Å². The van der Waals surface area contributed by atoms with Gasteiger partial charge in [0, 0.05) is 5.92 Å². The van der Waals surface area contributed by atoms with Crippen LogP contribution in [-0.4, -0.2) is 41.7 Å². The number of hydrogen-bond donors (Lipinski definition) is 3. The van der Waals surface area contributed by atoms with E-state index in [2.05, 4.69) is 24.4 Å². The quantitative estimate of drug-likeness (QED) is 0.583. The second-order valence-corrected chi connectivity index (χ2v) is 9.32. The summed E-state index contributed by atoms with van der Waals surface area (Å²) < 4.78 is 16.0. The fraction of sp³-hybridized carbons (Fsp3) is 0.905. The third-order valence-corrected chi connectivity index (χ3v) is 7.67. The Morgan fingerprint density at radius 1 is 1.08 bits per heavy atom. The highest BCUT2D eigenvalue weighted by Crippen LogP contribution is 2.62. The molecule has 0 amide bonds. The van der Waals surface area contributed by atoms with Crippen LogP contribution in [0.3, 0.4) is 0 Å². The normalized spacial score (nSPS) is 51.4. The van der Waals surface area contributed by atoms with E-state index in [1.54, 1.807) is 0 Å². The summed E-state index contributed by atoms with van der Waals surface area (Å²) in [6.45, 7) is 2.19. The number of aliphatic hydroxyl groups excluding tert-OH is 1. The van der Waals surface area contributed by atoms with Gasteiger partial charge in [0.05, 0.1) is 6.10 Å². The van der Waals surface area contributed by atoms with E-state index in [1.807, 2.05) is 14.1 Å². The molecule has 4 heteroatoms. The minimum absolute atomic E-state index is 0.0284. The lowest BCUT2D eigenvalue weighted by Crippen LogP contribution is -2.62. The maximum absolute atomic E-state index is 16.0. The van der Waals surface area contributed by atoms with Crippen molar-refractivity contribution >= 4 is 0 Å². The van der Waals surface area contributed by atoms with Crippen molar-refractivity contribution < 1.29 is 14.6 Å². The molecule has 0 radical (unpaired) electrons. The Labute approximate surface area is 152 Å². The smallest absolute Gasteiger partial charge is 0.140 e. The number of halogens is 1. The molecule has 3 N–H and O–H groups in total. The summed E-state index contributed by atoms with van der Waals surface area (Å²) >= 11 is 0. The second-order valence-electron chi connectivity index (χ2n) is 9.32. The molecule has 3 nitrogen and oxygen atoms in total. The number of alkyl halides is 1. The SMILES string of the molecule is CC12C=CCC1[C@@]1(O)CCC3CCC(O)CC3CC1(F)CC2.CNC. The molecule has 0 heterocycles. The Hall–Kier alpha value is -0.450. The molecule has 3 saturated carbocycles. The third-order valence-electron chi connectivity index (χ3n) is 7.67. The van der Waals surface area contributed by atoms with Crippen LogP contribution in [0.2, 0.25) is 0 Å². The van der Waals surface area contributed by atoms with Crippen LogP contribution in [0.4, 0.5) is 4.39 Å². The van der Waals surface area contributed by atoms with E-state index in [0.717, 1.165) is 38.5 Å². The maximum Gasteiger partial charge on any atom is 0.140 e. The molecular formula is C21H36FNO2. The Morgan fingerprint density at radius 3 is 2.52 bits per heavy atom. The first-order valence-corrected chi connectivity index (χ1v) is 10.1. The zero-order chi connectivity index (χ0) is 18.3. The number of hydrogen-bond acceptors (Lipinski definition) is 3. The summed E-state index contributed by atoms with van der Waals surface area (Å²) in [6.07, 6.45) is 10.8. The van der Waals surface area contributed by atoms with Gasteiger partial charge < -0.3 is 15.5 Å². The molecule has 0 aliphatic heterocycles. The van der Waals surface area contributed by atoms with Crippen molar-refractivity contribution in [2.75, 3.05) is 14.1 Å². The number of aliphatic hydroxyl groups is 2. The summed E-state index contributed by atoms with van der Waals surface area (Å²) in [6, 6.07) is 0. The molecule has 0 spiro atoms. The highest BCUT2D eigenvalue weighted by molar-refractivity contribution is 5.23. The average Bonchev–Trinajstić information content (AvgIpc) is 2.90. The minimum atomic E-state index is -1.46. The van der Waals surface area contributed by atoms with Crippen LogP contribution in [0, 0.1) is 23.2 Å². The lowest BCUT2D eigenvalue weighted by Gasteiger charge is -2.55. The fourth-order valence-corrected chi connectivity index (χ4v) is 6.28. The number of fused-ring (bicyclic) bond motifs is 4. The van der Waals surface area contributed by atoms with E-state index in [1.165, 1.54) is 0 Å². The number of allylic oxidation sites excluding steroid dienone is 2. The van der Waals surface area contributed by atoms with Gasteiger partial charge in [-0.2, -0.15) is 0 Å². The van der Waals surface area contributed by atoms with Crippen molar-refractivity contribution in [1.29, 1.82) is 0 Å². The summed E-state index contributed by atoms with van der Waals surface area (Å²) in [5.74, 6) is 0.775. The predicted octanol–water partition coefficient (Wildman–Crippen LogP) is 3.60. The molecule has 3 fully saturated rings. The van der Waals surface area contributed by atoms with Gasteiger partial charge in [-0.05, 0) is 89.1 Å². The van der Waals surface area contributed by atoms with Crippen LogP contribution in [0.5, 0.6) is 0 Å². The van der Waals surface area contributed by atoms with Gasteiger partial charge in [0.25, 0.3) is 0 Å². The van der Waals surface area contributed by atoms with Gasteiger partial charge in [-0.15, -0.1) is 0 Å². The number of rotatable bonds is 0. The van der Waals surface area contributed by atoms with Crippen molar-refractivity contribution in [3.8, 4) is 0 Å². The van der Waals surface area contributed by atoms with Crippen molar-refractivity contribution in [2.45, 2.75) is 82.1 Å². The van der Waals surface area contributed by atoms with Crippen molar-refractivity contribution in [1.82, 2.24) is 5.32 Å². The highest BCUT2D eigenvalue weighted by atomic mass is 19.1. The zero-order valence-corrected chi connectivity index (χ0v) is 16.1. The molecule has 4 rings (SSSR count). The molecule has 0 aromatic rings. The Balaban J connectivity index is 0.000000569. The molecule has 0 saturated heterocycles. The lowest BCUT2D eigenvalue weighted by molar-refractivity contribution is -0.196. The first-order chi connectivity index (χ1) is 11.8. The molecule has 144 valence electrons. The van der Waals surface area contributed by atoms with E-state index in [4.69, 9.17) is 0 Å². The van der Waals surface area contributed by atoms with Crippen LogP contribution in [-0.2, 0) is 0 Å². The van der Waals surface area contributed by atoms with Crippen LogP contribution in [0.25, 0.3) is 0 Å². The molecule has 0 bridgehead atoms. The first kappa shape index (κ1) is 19.3. The standard InChI is InChI=1S/C19H29FO2.C2H7N/c1-17-7-2-3-16(17)19(22)8-6-13-4-5-15(21)11-14(13)12-18(19,20)10-9-17;1-3-2/h2,7,13-16,21-22H,3-6,8-12H2,1H3;3H,1-2H3/t13?,14?,15?,16?,17?,18?,19-;/m0./s1. The third kappa shape index (κ3) is 3.19. The Morgan fingerprint density at radius 2 is 1.80 bits per heavy atom. The monoisotopic (exact) mass is 353 g/mol. The van der Waals surface area contributed by atoms with Crippen LogP contribution >= 0.6 is 0 Å². The molecule has 25 heavy (non-hydrogen) atoms. The topological polar surface area (TPSA) is 52.5 Å². The van der Waals surface area contributed by atoms with Gasteiger partial charge in [0.2, 0.25) is 0 Å². The summed E-state index contributed by atoms with van der Waals surface area (Å²) in [7, 11) is 3.75. The summed E-state index contributed by atoms with van der Waals surface area (Å²) in [4.78, 5) is 0. The van der Waals surface area contributed by atoms with Crippen LogP contribution in [0.1, 0.15) is 64.7 Å². The van der Waals surface area contributed by atoms with Gasteiger partial charge in [0.1, 0.15) is 11.3 Å². The minimum Gasteiger partial charge on any atom is -0.393 e. The predicted molar refractivity (Wildman–Crippen MR) is 99.0 cm³/mol. The van der Waals surface area contributed by atoms with Gasteiger partial charge >= 0.3 is 0 Å². The average molecular weight is 354 g/mol. The highest BCUT2D eigenvalue weighted by Gasteiger charge is 2.65. The molecule has 7 atom stereocenters. The largest absolute Gasteiger partial charge is 0.393 e. The van der Waals surface area contributed by atoms with Gasteiger partial charge in [-0.3, -0.25) is 0 Å².